The lowest BCUT2D eigenvalue weighted by Crippen LogP contribution is -2.05. The minimum absolute atomic E-state index is 0.0148. The molecule has 0 fully saturated rings. The van der Waals surface area contributed by atoms with Gasteiger partial charge in [-0.05, 0) is 83.4 Å². The monoisotopic (exact) mass is 536 g/mol. The first-order valence-electron chi connectivity index (χ1n) is 10.8. The Balaban J connectivity index is 1.58. The SMILES string of the molecule is CCOc1cc(C=C2N=C(c3cccc(C)c3)OC2=O)cc(Br)c1OCc1ccc([N+](=O)[O-])cc1. The van der Waals surface area contributed by atoms with E-state index in [0.29, 0.717) is 28.1 Å². The van der Waals surface area contributed by atoms with Gasteiger partial charge >= 0.3 is 5.97 Å². The summed E-state index contributed by atoms with van der Waals surface area (Å²) in [6, 6.07) is 17.2. The first kappa shape index (κ1) is 24.2. The maximum Gasteiger partial charge on any atom is 0.363 e. The molecule has 178 valence electrons. The van der Waals surface area contributed by atoms with E-state index >= 15 is 0 Å². The summed E-state index contributed by atoms with van der Waals surface area (Å²) in [7, 11) is 0. The number of halogens is 1. The molecule has 1 aliphatic heterocycles. The number of carbonyl (C=O) groups is 1. The summed E-state index contributed by atoms with van der Waals surface area (Å²) in [6.07, 6.45) is 1.62. The zero-order valence-corrected chi connectivity index (χ0v) is 20.6. The number of nitro groups is 1. The van der Waals surface area contributed by atoms with Crippen LogP contribution in [0.4, 0.5) is 5.69 Å². The second-order valence-corrected chi connectivity index (χ2v) is 8.54. The summed E-state index contributed by atoms with van der Waals surface area (Å²) >= 11 is 3.52. The lowest BCUT2D eigenvalue weighted by atomic mass is 10.1. The third kappa shape index (κ3) is 5.75. The van der Waals surface area contributed by atoms with Crippen molar-refractivity contribution in [2.45, 2.75) is 20.5 Å². The maximum absolute atomic E-state index is 12.4. The highest BCUT2D eigenvalue weighted by Gasteiger charge is 2.24. The fraction of sp³-hybridized carbons (Fsp3) is 0.154. The Bertz CT molecular complexity index is 1350. The van der Waals surface area contributed by atoms with Crippen molar-refractivity contribution in [2.24, 2.45) is 4.99 Å². The molecule has 0 unspecified atom stereocenters. The van der Waals surface area contributed by atoms with Gasteiger partial charge in [0.2, 0.25) is 5.90 Å². The molecule has 1 heterocycles. The van der Waals surface area contributed by atoms with E-state index in [0.717, 1.165) is 16.7 Å². The number of ether oxygens (including phenoxy) is 3. The molecule has 0 radical (unpaired) electrons. The molecule has 0 saturated heterocycles. The molecule has 0 aliphatic carbocycles. The summed E-state index contributed by atoms with van der Waals surface area (Å²) in [5.41, 5.74) is 3.39. The second kappa shape index (κ2) is 10.5. The number of rotatable bonds is 8. The molecule has 0 aromatic heterocycles. The van der Waals surface area contributed by atoms with Gasteiger partial charge in [0.25, 0.3) is 5.69 Å². The third-order valence-electron chi connectivity index (χ3n) is 5.05. The number of aryl methyl sites for hydroxylation is 1. The minimum atomic E-state index is -0.533. The van der Waals surface area contributed by atoms with Crippen LogP contribution in [-0.2, 0) is 16.1 Å². The molecule has 0 saturated carbocycles. The highest BCUT2D eigenvalue weighted by Crippen LogP contribution is 2.38. The summed E-state index contributed by atoms with van der Waals surface area (Å²) in [5.74, 6) is 0.682. The van der Waals surface area contributed by atoms with Crippen molar-refractivity contribution in [3.05, 3.63) is 103 Å². The number of carbonyl (C=O) groups excluding carboxylic acids is 1. The Hall–Kier alpha value is -3.98. The highest BCUT2D eigenvalue weighted by molar-refractivity contribution is 9.10. The highest BCUT2D eigenvalue weighted by atomic mass is 79.9. The molecular formula is C26H21BrN2O6. The Morgan fingerprint density at radius 2 is 1.89 bits per heavy atom. The van der Waals surface area contributed by atoms with Crippen LogP contribution in [-0.4, -0.2) is 23.4 Å². The standard InChI is InChI=1S/C26H21BrN2O6/c1-3-33-23-14-18(13-22-26(30)35-25(28-22)19-6-4-5-16(2)11-19)12-21(27)24(23)34-15-17-7-9-20(10-8-17)29(31)32/h4-14H,3,15H2,1-2H3. The van der Waals surface area contributed by atoms with Crippen molar-refractivity contribution in [1.82, 2.24) is 0 Å². The molecule has 0 atom stereocenters. The molecule has 4 rings (SSSR count). The van der Waals surface area contributed by atoms with Gasteiger partial charge < -0.3 is 14.2 Å². The van der Waals surface area contributed by atoms with Crippen molar-refractivity contribution in [3.8, 4) is 11.5 Å². The number of benzene rings is 3. The van der Waals surface area contributed by atoms with Crippen LogP contribution in [0.3, 0.4) is 0 Å². The van der Waals surface area contributed by atoms with Crippen molar-refractivity contribution < 1.29 is 23.9 Å². The van der Waals surface area contributed by atoms with Gasteiger partial charge in [-0.2, -0.15) is 0 Å². The van der Waals surface area contributed by atoms with Gasteiger partial charge in [0, 0.05) is 17.7 Å². The van der Waals surface area contributed by atoms with Crippen LogP contribution >= 0.6 is 15.9 Å². The van der Waals surface area contributed by atoms with Crippen LogP contribution in [0.1, 0.15) is 29.2 Å². The van der Waals surface area contributed by atoms with E-state index in [1.807, 2.05) is 38.1 Å². The summed E-state index contributed by atoms with van der Waals surface area (Å²) in [5, 5.41) is 10.8. The topological polar surface area (TPSA) is 100 Å². The lowest BCUT2D eigenvalue weighted by molar-refractivity contribution is -0.384. The molecule has 3 aromatic carbocycles. The second-order valence-electron chi connectivity index (χ2n) is 7.68. The van der Waals surface area contributed by atoms with Gasteiger partial charge in [-0.15, -0.1) is 0 Å². The average molecular weight is 537 g/mol. The molecule has 0 spiro atoms. The number of nitrogens with zero attached hydrogens (tertiary/aromatic N) is 2. The number of cyclic esters (lactones) is 1. The average Bonchev–Trinajstić information content (AvgIpc) is 3.19. The largest absolute Gasteiger partial charge is 0.490 e. The Kier molecular flexibility index (Phi) is 7.26. The zero-order chi connectivity index (χ0) is 24.9. The van der Waals surface area contributed by atoms with E-state index in [9.17, 15) is 14.9 Å². The minimum Gasteiger partial charge on any atom is -0.490 e. The first-order chi connectivity index (χ1) is 16.8. The van der Waals surface area contributed by atoms with Crippen LogP contribution in [0.25, 0.3) is 6.08 Å². The summed E-state index contributed by atoms with van der Waals surface area (Å²) < 4.78 is 17.7. The quantitative estimate of drug-likeness (QED) is 0.152. The van der Waals surface area contributed by atoms with E-state index < -0.39 is 10.9 Å². The molecule has 0 bridgehead atoms. The normalized spacial score (nSPS) is 14.0. The van der Waals surface area contributed by atoms with Crippen LogP contribution in [0.15, 0.2) is 75.8 Å². The first-order valence-corrected chi connectivity index (χ1v) is 11.6. The van der Waals surface area contributed by atoms with Gasteiger partial charge in [-0.25, -0.2) is 9.79 Å². The summed E-state index contributed by atoms with van der Waals surface area (Å²) in [4.78, 5) is 27.2. The predicted molar refractivity (Wildman–Crippen MR) is 135 cm³/mol. The molecule has 3 aromatic rings. The van der Waals surface area contributed by atoms with Gasteiger partial charge in [-0.3, -0.25) is 10.1 Å². The molecule has 35 heavy (non-hydrogen) atoms. The fourth-order valence-electron chi connectivity index (χ4n) is 3.41. The molecule has 0 amide bonds. The molecular weight excluding hydrogens is 516 g/mol. The van der Waals surface area contributed by atoms with Gasteiger partial charge in [0.15, 0.2) is 17.2 Å². The van der Waals surface area contributed by atoms with Crippen LogP contribution < -0.4 is 9.47 Å². The van der Waals surface area contributed by atoms with Crippen molar-refractivity contribution in [1.29, 1.82) is 0 Å². The lowest BCUT2D eigenvalue weighted by Gasteiger charge is -2.15. The van der Waals surface area contributed by atoms with Gasteiger partial charge in [0.05, 0.1) is 16.0 Å². The molecule has 0 N–H and O–H groups in total. The van der Waals surface area contributed by atoms with Gasteiger partial charge in [0.1, 0.15) is 6.61 Å². The van der Waals surface area contributed by atoms with Crippen molar-refractivity contribution in [2.75, 3.05) is 6.61 Å². The molecule has 9 heteroatoms. The van der Waals surface area contributed by atoms with Crippen molar-refractivity contribution in [3.63, 3.8) is 0 Å². The fourth-order valence-corrected chi connectivity index (χ4v) is 3.99. The van der Waals surface area contributed by atoms with E-state index in [1.54, 1.807) is 30.3 Å². The summed E-state index contributed by atoms with van der Waals surface area (Å²) in [6.45, 7) is 4.40. The van der Waals surface area contributed by atoms with E-state index in [4.69, 9.17) is 14.2 Å². The molecule has 8 nitrogen and oxygen atoms in total. The number of aliphatic imine (C=N–C) groups is 1. The van der Waals surface area contributed by atoms with E-state index in [1.165, 1.54) is 12.1 Å². The predicted octanol–water partition coefficient (Wildman–Crippen LogP) is 5.99. The molecule has 1 aliphatic rings. The number of nitro benzene ring substituents is 1. The van der Waals surface area contributed by atoms with Crippen LogP contribution in [0.5, 0.6) is 11.5 Å². The Labute approximate surface area is 210 Å². The number of esters is 1. The van der Waals surface area contributed by atoms with Gasteiger partial charge in [-0.1, -0.05) is 17.7 Å². The number of hydrogen-bond acceptors (Lipinski definition) is 7. The van der Waals surface area contributed by atoms with E-state index in [-0.39, 0.29) is 23.9 Å². The van der Waals surface area contributed by atoms with Crippen LogP contribution in [0.2, 0.25) is 0 Å². The third-order valence-corrected chi connectivity index (χ3v) is 5.64. The van der Waals surface area contributed by atoms with Crippen molar-refractivity contribution >= 4 is 39.6 Å². The van der Waals surface area contributed by atoms with Crippen LogP contribution in [0, 0.1) is 17.0 Å². The Morgan fingerprint density at radius 3 is 2.57 bits per heavy atom. The number of non-ortho nitro benzene ring substituents is 1. The smallest absolute Gasteiger partial charge is 0.363 e. The Morgan fingerprint density at radius 1 is 1.11 bits per heavy atom. The zero-order valence-electron chi connectivity index (χ0n) is 19.0. The number of hydrogen-bond donors (Lipinski definition) is 0. The van der Waals surface area contributed by atoms with E-state index in [2.05, 4.69) is 20.9 Å². The maximum atomic E-state index is 12.4.